The first-order valence-corrected chi connectivity index (χ1v) is 5.03. The van der Waals surface area contributed by atoms with Crippen LogP contribution in [-0.2, 0) is 19.2 Å². The molecule has 0 aromatic rings. The SMILES string of the molecule is CC(=O)O.CC(=O)O.CC(=O)O.CC(=O)O.NCCN.[Ca+2].[H-].[H-].[H-].[K+]. The molecular formula is C10H27CaKN2O8. The average Bonchev–Trinajstić information content (AvgIpc) is 2.13. The van der Waals surface area contributed by atoms with E-state index in [2.05, 4.69) is 0 Å². The van der Waals surface area contributed by atoms with Crippen molar-refractivity contribution in [1.82, 2.24) is 0 Å². The summed E-state index contributed by atoms with van der Waals surface area (Å²) < 4.78 is 0. The van der Waals surface area contributed by atoms with Crippen molar-refractivity contribution in [1.29, 1.82) is 0 Å². The van der Waals surface area contributed by atoms with Gasteiger partial charge in [-0.05, 0) is 0 Å². The van der Waals surface area contributed by atoms with E-state index in [1.165, 1.54) is 0 Å². The number of aliphatic carboxylic acids is 4. The fourth-order valence-corrected chi connectivity index (χ4v) is 0. The monoisotopic (exact) mass is 382 g/mol. The van der Waals surface area contributed by atoms with E-state index in [1.54, 1.807) is 0 Å². The van der Waals surface area contributed by atoms with Crippen molar-refractivity contribution in [3.63, 3.8) is 0 Å². The van der Waals surface area contributed by atoms with Gasteiger partial charge in [-0.2, -0.15) is 0 Å². The third kappa shape index (κ3) is 2790. The second kappa shape index (κ2) is 43.0. The first kappa shape index (κ1) is 43.4. The predicted molar refractivity (Wildman–Crippen MR) is 80.4 cm³/mol. The Morgan fingerprint density at radius 2 is 0.727 bits per heavy atom. The maximum absolute atomic E-state index is 9.00. The smallest absolute Gasteiger partial charge is 1.00 e. The summed E-state index contributed by atoms with van der Waals surface area (Å²) in [7, 11) is 0. The Labute approximate surface area is 206 Å². The van der Waals surface area contributed by atoms with Gasteiger partial charge < -0.3 is 36.2 Å². The topological polar surface area (TPSA) is 201 Å². The molecule has 12 heteroatoms. The summed E-state index contributed by atoms with van der Waals surface area (Å²) in [6.07, 6.45) is 0. The van der Waals surface area contributed by atoms with Gasteiger partial charge in [-0.25, -0.2) is 0 Å². The fraction of sp³-hybridized carbons (Fsp3) is 0.600. The van der Waals surface area contributed by atoms with Gasteiger partial charge in [0.15, 0.2) is 0 Å². The van der Waals surface area contributed by atoms with E-state index in [0.717, 1.165) is 27.7 Å². The van der Waals surface area contributed by atoms with Crippen LogP contribution in [0.5, 0.6) is 0 Å². The molecule has 0 unspecified atom stereocenters. The van der Waals surface area contributed by atoms with Crippen molar-refractivity contribution in [3.8, 4) is 0 Å². The van der Waals surface area contributed by atoms with Crippen LogP contribution in [0.2, 0.25) is 0 Å². The van der Waals surface area contributed by atoms with Crippen molar-refractivity contribution in [2.45, 2.75) is 27.7 Å². The molecule has 10 nitrogen and oxygen atoms in total. The summed E-state index contributed by atoms with van der Waals surface area (Å²) >= 11 is 0. The Morgan fingerprint density at radius 1 is 0.682 bits per heavy atom. The molecule has 0 amide bonds. The standard InChI is InChI=1S/C2H8N2.4C2H4O2.Ca.K.3H/c3-1-2-4;4*1-2(3)4;;;;;/h1-4H2;4*1H3,(H,3,4);;;;;/q;;;;;+2;+1;3*-1. The third-order valence-corrected chi connectivity index (χ3v) is 0.167. The minimum Gasteiger partial charge on any atom is -1.00 e. The van der Waals surface area contributed by atoms with Crippen molar-refractivity contribution in [2.75, 3.05) is 13.1 Å². The Kier molecular flexibility index (Phi) is 84.8. The van der Waals surface area contributed by atoms with Gasteiger partial charge in [0, 0.05) is 40.8 Å². The Hall–Kier alpha value is 0.696. The molecule has 0 aromatic carbocycles. The van der Waals surface area contributed by atoms with Crippen LogP contribution in [0.4, 0.5) is 0 Å². The minimum absolute atomic E-state index is 0. The van der Waals surface area contributed by atoms with E-state index in [1.807, 2.05) is 0 Å². The molecule has 0 atom stereocenters. The summed E-state index contributed by atoms with van der Waals surface area (Å²) in [5, 5.41) is 29.7. The zero-order valence-electron chi connectivity index (χ0n) is 16.7. The van der Waals surface area contributed by atoms with Crippen LogP contribution < -0.4 is 62.9 Å². The van der Waals surface area contributed by atoms with Crippen molar-refractivity contribution < 1.29 is 95.3 Å². The van der Waals surface area contributed by atoms with E-state index < -0.39 is 23.9 Å². The number of hydrogen-bond donors (Lipinski definition) is 6. The molecule has 0 bridgehead atoms. The van der Waals surface area contributed by atoms with Crippen LogP contribution in [0, 0.1) is 0 Å². The Bertz CT molecular complexity index is 215. The van der Waals surface area contributed by atoms with Crippen LogP contribution in [0.1, 0.15) is 32.0 Å². The molecule has 0 heterocycles. The zero-order valence-corrected chi connectivity index (χ0v) is 19.0. The van der Waals surface area contributed by atoms with Gasteiger partial charge in [-0.1, -0.05) is 0 Å². The normalized spacial score (nSPS) is 5.91. The van der Waals surface area contributed by atoms with Gasteiger partial charge in [-0.3, -0.25) is 19.2 Å². The molecule has 0 saturated carbocycles. The van der Waals surface area contributed by atoms with Crippen molar-refractivity contribution >= 4 is 61.6 Å². The first-order chi connectivity index (χ1) is 8.84. The Balaban J connectivity index is -0.0000000134. The average molecular weight is 383 g/mol. The van der Waals surface area contributed by atoms with Crippen LogP contribution in [0.3, 0.4) is 0 Å². The number of rotatable bonds is 1. The summed E-state index contributed by atoms with van der Waals surface area (Å²) in [6, 6.07) is 0. The molecular weight excluding hydrogens is 355 g/mol. The van der Waals surface area contributed by atoms with E-state index in [-0.39, 0.29) is 93.4 Å². The van der Waals surface area contributed by atoms with E-state index >= 15 is 0 Å². The third-order valence-electron chi connectivity index (χ3n) is 0.167. The summed E-state index contributed by atoms with van der Waals surface area (Å²) in [5.41, 5.74) is 9.81. The molecule has 22 heavy (non-hydrogen) atoms. The number of carboxylic acids is 4. The number of carboxylic acid groups (broad SMARTS) is 4. The fourth-order valence-electron chi connectivity index (χ4n) is 0. The molecule has 0 aromatic heterocycles. The number of nitrogens with two attached hydrogens (primary N) is 2. The molecule has 0 aliphatic rings. The largest absolute Gasteiger partial charge is 2.00 e. The van der Waals surface area contributed by atoms with E-state index in [4.69, 9.17) is 51.1 Å². The van der Waals surface area contributed by atoms with Crippen LogP contribution in [0.15, 0.2) is 0 Å². The quantitative estimate of drug-likeness (QED) is 0.244. The molecule has 128 valence electrons. The molecule has 0 saturated heterocycles. The van der Waals surface area contributed by atoms with Crippen LogP contribution in [0.25, 0.3) is 0 Å². The molecule has 0 spiro atoms. The molecule has 0 radical (unpaired) electrons. The summed E-state index contributed by atoms with van der Waals surface area (Å²) in [6.45, 7) is 5.53. The second-order valence-electron chi connectivity index (χ2n) is 2.65. The van der Waals surface area contributed by atoms with Crippen molar-refractivity contribution in [2.24, 2.45) is 11.5 Å². The maximum Gasteiger partial charge on any atom is 2.00 e. The van der Waals surface area contributed by atoms with E-state index in [9.17, 15) is 0 Å². The molecule has 0 fully saturated rings. The van der Waals surface area contributed by atoms with E-state index in [0.29, 0.717) is 13.1 Å². The predicted octanol–water partition coefficient (Wildman–Crippen LogP) is -3.77. The number of hydrogen-bond acceptors (Lipinski definition) is 6. The minimum atomic E-state index is -0.833. The molecule has 0 aliphatic heterocycles. The molecule has 0 aliphatic carbocycles. The van der Waals surface area contributed by atoms with Gasteiger partial charge in [0.2, 0.25) is 0 Å². The Morgan fingerprint density at radius 3 is 0.727 bits per heavy atom. The van der Waals surface area contributed by atoms with Gasteiger partial charge >= 0.3 is 89.1 Å². The van der Waals surface area contributed by atoms with Crippen molar-refractivity contribution in [3.05, 3.63) is 0 Å². The maximum atomic E-state index is 9.00. The van der Waals surface area contributed by atoms with Crippen LogP contribution in [-0.4, -0.2) is 95.1 Å². The summed E-state index contributed by atoms with van der Waals surface area (Å²) in [4.78, 5) is 36.0. The first-order valence-electron chi connectivity index (χ1n) is 5.03. The van der Waals surface area contributed by atoms with Gasteiger partial charge in [-0.15, -0.1) is 0 Å². The van der Waals surface area contributed by atoms with Gasteiger partial charge in [0.05, 0.1) is 0 Å². The molecule has 0 rings (SSSR count). The summed E-state index contributed by atoms with van der Waals surface area (Å²) in [5.74, 6) is -3.33. The van der Waals surface area contributed by atoms with Crippen LogP contribution >= 0.6 is 0 Å². The molecule has 8 N–H and O–H groups in total. The van der Waals surface area contributed by atoms with Gasteiger partial charge in [0.25, 0.3) is 23.9 Å². The number of carbonyl (C=O) groups is 4. The second-order valence-corrected chi connectivity index (χ2v) is 2.65. The zero-order chi connectivity index (χ0) is 17.7. The van der Waals surface area contributed by atoms with Gasteiger partial charge in [0.1, 0.15) is 0 Å².